The Bertz CT molecular complexity index is 948. The zero-order valence-corrected chi connectivity index (χ0v) is 16.1. The molecule has 1 aliphatic rings. The third kappa shape index (κ3) is 5.13. The van der Waals surface area contributed by atoms with Crippen LogP contribution in [0.3, 0.4) is 0 Å². The van der Waals surface area contributed by atoms with Gasteiger partial charge in [0.2, 0.25) is 6.79 Å². The van der Waals surface area contributed by atoms with Crippen LogP contribution in [0.4, 0.5) is 4.39 Å². The SMILES string of the molecule is OC(Cc1ccccc1)CN(Cc1ccc2c(c1)OCO2)Cc1ccccc1F. The van der Waals surface area contributed by atoms with E-state index < -0.39 is 6.10 Å². The van der Waals surface area contributed by atoms with Crippen molar-refractivity contribution in [2.45, 2.75) is 25.6 Å². The fraction of sp³-hybridized carbons (Fsp3) is 0.250. The van der Waals surface area contributed by atoms with Gasteiger partial charge in [0, 0.05) is 25.2 Å². The molecule has 4 nitrogen and oxygen atoms in total. The molecule has 3 aromatic carbocycles. The third-order valence-corrected chi connectivity index (χ3v) is 4.98. The molecular weight excluding hydrogens is 369 g/mol. The molecule has 0 aromatic heterocycles. The van der Waals surface area contributed by atoms with Crippen LogP contribution in [-0.4, -0.2) is 29.4 Å². The van der Waals surface area contributed by atoms with Crippen LogP contribution in [0.25, 0.3) is 0 Å². The molecule has 4 rings (SSSR count). The summed E-state index contributed by atoms with van der Waals surface area (Å²) in [5.74, 6) is 1.22. The lowest BCUT2D eigenvalue weighted by atomic mass is 10.1. The molecule has 0 saturated carbocycles. The number of fused-ring (bicyclic) bond motifs is 1. The molecule has 1 unspecified atom stereocenters. The van der Waals surface area contributed by atoms with Crippen molar-refractivity contribution in [2.75, 3.05) is 13.3 Å². The molecule has 0 amide bonds. The van der Waals surface area contributed by atoms with Crippen LogP contribution in [0, 0.1) is 5.82 Å². The van der Waals surface area contributed by atoms with Crippen molar-refractivity contribution < 1.29 is 19.0 Å². The van der Waals surface area contributed by atoms with Gasteiger partial charge in [0.1, 0.15) is 5.82 Å². The lowest BCUT2D eigenvalue weighted by Crippen LogP contribution is -2.33. The fourth-order valence-electron chi connectivity index (χ4n) is 3.60. The molecule has 3 aromatic rings. The highest BCUT2D eigenvalue weighted by atomic mass is 19.1. The molecule has 0 aliphatic carbocycles. The predicted molar refractivity (Wildman–Crippen MR) is 109 cm³/mol. The Labute approximate surface area is 170 Å². The van der Waals surface area contributed by atoms with Crippen LogP contribution in [-0.2, 0) is 19.5 Å². The molecule has 1 N–H and O–H groups in total. The summed E-state index contributed by atoms with van der Waals surface area (Å²) in [4.78, 5) is 2.06. The highest BCUT2D eigenvalue weighted by Crippen LogP contribution is 2.33. The Hall–Kier alpha value is -2.89. The second kappa shape index (κ2) is 9.07. The summed E-state index contributed by atoms with van der Waals surface area (Å²) < 4.78 is 25.1. The molecule has 1 atom stereocenters. The van der Waals surface area contributed by atoms with Gasteiger partial charge in [0.05, 0.1) is 6.10 Å². The smallest absolute Gasteiger partial charge is 0.231 e. The van der Waals surface area contributed by atoms with Crippen LogP contribution in [0.15, 0.2) is 72.8 Å². The molecule has 29 heavy (non-hydrogen) atoms. The van der Waals surface area contributed by atoms with Gasteiger partial charge in [-0.05, 0) is 35.7 Å². The van der Waals surface area contributed by atoms with E-state index >= 15 is 0 Å². The first-order valence-corrected chi connectivity index (χ1v) is 9.73. The van der Waals surface area contributed by atoms with Crippen molar-refractivity contribution in [2.24, 2.45) is 0 Å². The minimum absolute atomic E-state index is 0.230. The van der Waals surface area contributed by atoms with Crippen molar-refractivity contribution in [3.8, 4) is 11.5 Å². The minimum Gasteiger partial charge on any atom is -0.454 e. The van der Waals surface area contributed by atoms with Gasteiger partial charge in [0.25, 0.3) is 0 Å². The lowest BCUT2D eigenvalue weighted by molar-refractivity contribution is 0.104. The number of hydrogen-bond donors (Lipinski definition) is 1. The van der Waals surface area contributed by atoms with E-state index in [1.54, 1.807) is 12.1 Å². The van der Waals surface area contributed by atoms with E-state index in [1.807, 2.05) is 54.6 Å². The van der Waals surface area contributed by atoms with Gasteiger partial charge in [-0.25, -0.2) is 4.39 Å². The summed E-state index contributed by atoms with van der Waals surface area (Å²) in [6, 6.07) is 22.5. The highest BCUT2D eigenvalue weighted by molar-refractivity contribution is 5.44. The molecule has 0 spiro atoms. The van der Waals surface area contributed by atoms with Gasteiger partial charge in [-0.15, -0.1) is 0 Å². The number of rotatable bonds is 8. The number of nitrogens with zero attached hydrogens (tertiary/aromatic N) is 1. The Morgan fingerprint density at radius 2 is 1.62 bits per heavy atom. The van der Waals surface area contributed by atoms with Gasteiger partial charge in [-0.1, -0.05) is 54.6 Å². The Balaban J connectivity index is 1.49. The van der Waals surface area contributed by atoms with Crippen LogP contribution in [0.2, 0.25) is 0 Å². The van der Waals surface area contributed by atoms with Crippen LogP contribution < -0.4 is 9.47 Å². The summed E-state index contributed by atoms with van der Waals surface area (Å²) in [5, 5.41) is 10.7. The predicted octanol–water partition coefficient (Wildman–Crippen LogP) is 4.16. The zero-order valence-electron chi connectivity index (χ0n) is 16.1. The van der Waals surface area contributed by atoms with Crippen LogP contribution in [0.1, 0.15) is 16.7 Å². The normalized spacial score (nSPS) is 13.6. The molecule has 0 fully saturated rings. The first-order chi connectivity index (χ1) is 14.2. The van der Waals surface area contributed by atoms with Gasteiger partial charge < -0.3 is 14.6 Å². The van der Waals surface area contributed by atoms with Crippen molar-refractivity contribution in [3.05, 3.63) is 95.3 Å². The molecule has 0 saturated heterocycles. The van der Waals surface area contributed by atoms with Crippen molar-refractivity contribution >= 4 is 0 Å². The van der Waals surface area contributed by atoms with E-state index in [4.69, 9.17) is 9.47 Å². The fourth-order valence-corrected chi connectivity index (χ4v) is 3.60. The van der Waals surface area contributed by atoms with E-state index in [0.717, 1.165) is 22.6 Å². The Morgan fingerprint density at radius 3 is 2.45 bits per heavy atom. The van der Waals surface area contributed by atoms with E-state index in [0.29, 0.717) is 31.6 Å². The summed E-state index contributed by atoms with van der Waals surface area (Å²) in [7, 11) is 0. The summed E-state index contributed by atoms with van der Waals surface area (Å²) >= 11 is 0. The van der Waals surface area contributed by atoms with E-state index in [-0.39, 0.29) is 12.6 Å². The topological polar surface area (TPSA) is 41.9 Å². The lowest BCUT2D eigenvalue weighted by Gasteiger charge is -2.26. The molecule has 5 heteroatoms. The third-order valence-electron chi connectivity index (χ3n) is 4.98. The van der Waals surface area contributed by atoms with E-state index in [1.165, 1.54) is 6.07 Å². The zero-order chi connectivity index (χ0) is 20.1. The summed E-state index contributed by atoms with van der Waals surface area (Å²) in [6.45, 7) is 1.63. The number of aliphatic hydroxyl groups excluding tert-OH is 1. The average Bonchev–Trinajstić information content (AvgIpc) is 3.18. The first-order valence-electron chi connectivity index (χ1n) is 9.73. The molecule has 1 heterocycles. The molecule has 0 radical (unpaired) electrons. The molecule has 150 valence electrons. The largest absolute Gasteiger partial charge is 0.454 e. The quantitative estimate of drug-likeness (QED) is 0.624. The second-order valence-corrected chi connectivity index (χ2v) is 7.29. The maximum Gasteiger partial charge on any atom is 0.231 e. The second-order valence-electron chi connectivity index (χ2n) is 7.29. The maximum atomic E-state index is 14.2. The van der Waals surface area contributed by atoms with Crippen LogP contribution >= 0.6 is 0 Å². The monoisotopic (exact) mass is 393 g/mol. The Morgan fingerprint density at radius 1 is 0.862 bits per heavy atom. The van der Waals surface area contributed by atoms with Crippen molar-refractivity contribution in [1.82, 2.24) is 4.90 Å². The number of ether oxygens (including phenoxy) is 2. The average molecular weight is 393 g/mol. The molecule has 0 bridgehead atoms. The number of halogens is 1. The van der Waals surface area contributed by atoms with E-state index in [9.17, 15) is 9.50 Å². The van der Waals surface area contributed by atoms with Gasteiger partial charge in [-0.3, -0.25) is 4.90 Å². The van der Waals surface area contributed by atoms with Crippen LogP contribution in [0.5, 0.6) is 11.5 Å². The summed E-state index contributed by atoms with van der Waals surface area (Å²) in [5.41, 5.74) is 2.71. The number of benzene rings is 3. The minimum atomic E-state index is -0.557. The Kier molecular flexibility index (Phi) is 6.08. The first kappa shape index (κ1) is 19.4. The number of aliphatic hydroxyl groups is 1. The number of hydrogen-bond acceptors (Lipinski definition) is 4. The van der Waals surface area contributed by atoms with Gasteiger partial charge in [0.15, 0.2) is 11.5 Å². The maximum absolute atomic E-state index is 14.2. The van der Waals surface area contributed by atoms with Crippen molar-refractivity contribution in [3.63, 3.8) is 0 Å². The van der Waals surface area contributed by atoms with Gasteiger partial charge >= 0.3 is 0 Å². The summed E-state index contributed by atoms with van der Waals surface area (Å²) in [6.07, 6.45) is -0.00590. The van der Waals surface area contributed by atoms with E-state index in [2.05, 4.69) is 4.90 Å². The standard InChI is InChI=1S/C24H24FNO3/c25-22-9-5-4-8-20(22)15-26(16-21(27)12-18-6-2-1-3-7-18)14-19-10-11-23-24(13-19)29-17-28-23/h1-11,13,21,27H,12,14-17H2. The van der Waals surface area contributed by atoms with Gasteiger partial charge in [-0.2, -0.15) is 0 Å². The molecule has 1 aliphatic heterocycles. The molecular formula is C24H24FNO3. The van der Waals surface area contributed by atoms with Crippen molar-refractivity contribution in [1.29, 1.82) is 0 Å². The highest BCUT2D eigenvalue weighted by Gasteiger charge is 2.18.